The summed E-state index contributed by atoms with van der Waals surface area (Å²) in [6.45, 7) is 3.90. The van der Waals surface area contributed by atoms with E-state index in [4.69, 9.17) is 4.84 Å². The summed E-state index contributed by atoms with van der Waals surface area (Å²) in [6.07, 6.45) is 5.47. The number of rotatable bonds is 5. The summed E-state index contributed by atoms with van der Waals surface area (Å²) in [6, 6.07) is 9.08. The number of carbonyl (C=O) groups excluding carboxylic acids is 1. The van der Waals surface area contributed by atoms with Crippen LogP contribution in [0.1, 0.15) is 18.4 Å². The Kier molecular flexibility index (Phi) is 4.25. The highest BCUT2D eigenvalue weighted by Crippen LogP contribution is 2.23. The smallest absolute Gasteiger partial charge is 0.221 e. The number of benzene rings is 1. The molecule has 27 heavy (non-hydrogen) atoms. The second-order valence-electron chi connectivity index (χ2n) is 6.16. The summed E-state index contributed by atoms with van der Waals surface area (Å²) < 4.78 is 1.95. The number of aromatic nitrogens is 4. The second kappa shape index (κ2) is 6.87. The van der Waals surface area contributed by atoms with Gasteiger partial charge in [-0.3, -0.25) is 14.5 Å². The SMILES string of the molecule is CC(=O)Nc1ccc(ON2C=C(Nc3cc(C)[nH]n3)n3ccnc3C2)cc1. The van der Waals surface area contributed by atoms with Gasteiger partial charge >= 0.3 is 0 Å². The van der Waals surface area contributed by atoms with Crippen molar-refractivity contribution in [1.29, 1.82) is 0 Å². The van der Waals surface area contributed by atoms with Crippen molar-refractivity contribution in [2.75, 3.05) is 10.6 Å². The van der Waals surface area contributed by atoms with Crippen LogP contribution in [0.3, 0.4) is 0 Å². The molecule has 3 N–H and O–H groups in total. The van der Waals surface area contributed by atoms with Crippen LogP contribution < -0.4 is 15.5 Å². The second-order valence-corrected chi connectivity index (χ2v) is 6.16. The molecule has 0 saturated heterocycles. The van der Waals surface area contributed by atoms with Crippen molar-refractivity contribution in [2.24, 2.45) is 0 Å². The van der Waals surface area contributed by atoms with Crippen LogP contribution in [0.25, 0.3) is 5.82 Å². The van der Waals surface area contributed by atoms with Gasteiger partial charge < -0.3 is 15.5 Å². The lowest BCUT2D eigenvalue weighted by Crippen LogP contribution is -2.29. The number of imidazole rings is 1. The lowest BCUT2D eigenvalue weighted by atomic mass is 10.3. The molecule has 9 nitrogen and oxygen atoms in total. The highest BCUT2D eigenvalue weighted by Gasteiger charge is 2.19. The first-order chi connectivity index (χ1) is 13.1. The number of carbonyl (C=O) groups is 1. The zero-order chi connectivity index (χ0) is 18.8. The van der Waals surface area contributed by atoms with E-state index in [-0.39, 0.29) is 5.91 Å². The molecule has 0 aliphatic carbocycles. The van der Waals surface area contributed by atoms with Crippen LogP contribution in [-0.2, 0) is 11.3 Å². The third-order valence-corrected chi connectivity index (χ3v) is 3.90. The molecule has 0 radical (unpaired) electrons. The Bertz CT molecular complexity index is 987. The molecular weight excluding hydrogens is 346 g/mol. The molecule has 0 spiro atoms. The number of hydrogen-bond acceptors (Lipinski definition) is 6. The zero-order valence-corrected chi connectivity index (χ0v) is 14.9. The summed E-state index contributed by atoms with van der Waals surface area (Å²) in [5, 5.41) is 14.8. The average Bonchev–Trinajstić information content (AvgIpc) is 3.25. The average molecular weight is 365 g/mol. The summed E-state index contributed by atoms with van der Waals surface area (Å²) >= 11 is 0. The van der Waals surface area contributed by atoms with Gasteiger partial charge in [-0.1, -0.05) is 0 Å². The van der Waals surface area contributed by atoms with Crippen LogP contribution in [0.5, 0.6) is 5.75 Å². The van der Waals surface area contributed by atoms with Crippen LogP contribution in [-0.4, -0.2) is 30.7 Å². The molecule has 1 aliphatic rings. The number of nitrogens with zero attached hydrogens (tertiary/aromatic N) is 4. The van der Waals surface area contributed by atoms with E-state index in [2.05, 4.69) is 25.8 Å². The van der Waals surface area contributed by atoms with Crippen molar-refractivity contribution in [3.05, 3.63) is 60.4 Å². The number of hydroxylamine groups is 2. The fraction of sp³-hybridized carbons (Fsp3) is 0.167. The first-order valence-corrected chi connectivity index (χ1v) is 8.42. The maximum atomic E-state index is 11.1. The van der Waals surface area contributed by atoms with E-state index in [9.17, 15) is 4.79 Å². The third-order valence-electron chi connectivity index (χ3n) is 3.90. The zero-order valence-electron chi connectivity index (χ0n) is 14.9. The van der Waals surface area contributed by atoms with Gasteiger partial charge in [0.2, 0.25) is 5.91 Å². The highest BCUT2D eigenvalue weighted by molar-refractivity contribution is 5.88. The van der Waals surface area contributed by atoms with Crippen LogP contribution in [0.15, 0.2) is 48.9 Å². The van der Waals surface area contributed by atoms with Crippen molar-refractivity contribution in [3.63, 3.8) is 0 Å². The summed E-state index contributed by atoms with van der Waals surface area (Å²) in [7, 11) is 0. The van der Waals surface area contributed by atoms with Crippen LogP contribution in [0.4, 0.5) is 11.5 Å². The first kappa shape index (κ1) is 16.7. The Morgan fingerprint density at radius 2 is 2.11 bits per heavy atom. The third kappa shape index (κ3) is 3.76. The van der Waals surface area contributed by atoms with Crippen molar-refractivity contribution >= 4 is 23.2 Å². The van der Waals surface area contributed by atoms with Gasteiger partial charge in [-0.15, -0.1) is 0 Å². The molecule has 1 amide bonds. The van der Waals surface area contributed by atoms with E-state index >= 15 is 0 Å². The number of fused-ring (bicyclic) bond motifs is 1. The molecule has 0 unspecified atom stereocenters. The van der Waals surface area contributed by atoms with Gasteiger partial charge in [-0.05, 0) is 31.2 Å². The van der Waals surface area contributed by atoms with E-state index in [1.807, 2.05) is 30.0 Å². The molecule has 138 valence electrons. The van der Waals surface area contributed by atoms with E-state index in [0.29, 0.717) is 18.1 Å². The van der Waals surface area contributed by atoms with Gasteiger partial charge in [0.1, 0.15) is 18.2 Å². The van der Waals surface area contributed by atoms with E-state index in [0.717, 1.165) is 23.0 Å². The molecule has 0 fully saturated rings. The summed E-state index contributed by atoms with van der Waals surface area (Å²) in [5.74, 6) is 2.85. The van der Waals surface area contributed by atoms with Crippen molar-refractivity contribution in [3.8, 4) is 5.75 Å². The van der Waals surface area contributed by atoms with Gasteiger partial charge in [0.25, 0.3) is 0 Å². The van der Waals surface area contributed by atoms with Gasteiger partial charge in [-0.2, -0.15) is 5.10 Å². The maximum Gasteiger partial charge on any atom is 0.221 e. The fourth-order valence-corrected chi connectivity index (χ4v) is 2.76. The molecule has 4 rings (SSSR count). The minimum Gasteiger partial charge on any atom is -0.380 e. The Balaban J connectivity index is 1.52. The van der Waals surface area contributed by atoms with Crippen LogP contribution in [0.2, 0.25) is 0 Å². The molecule has 3 heterocycles. The minimum absolute atomic E-state index is 0.112. The summed E-state index contributed by atoms with van der Waals surface area (Å²) in [4.78, 5) is 21.4. The molecule has 0 saturated carbocycles. The minimum atomic E-state index is -0.112. The van der Waals surface area contributed by atoms with Gasteiger partial charge in [0.15, 0.2) is 11.6 Å². The van der Waals surface area contributed by atoms with Gasteiger partial charge in [0, 0.05) is 36.8 Å². The number of H-pyrrole nitrogens is 1. The van der Waals surface area contributed by atoms with Crippen LogP contribution in [0, 0.1) is 6.92 Å². The van der Waals surface area contributed by atoms with Crippen molar-refractivity contribution in [2.45, 2.75) is 20.4 Å². The maximum absolute atomic E-state index is 11.1. The molecule has 0 atom stereocenters. The van der Waals surface area contributed by atoms with Crippen LogP contribution >= 0.6 is 0 Å². The Hall–Kier alpha value is -3.75. The summed E-state index contributed by atoms with van der Waals surface area (Å²) in [5.41, 5.74) is 1.68. The van der Waals surface area contributed by atoms with Crippen molar-refractivity contribution in [1.82, 2.24) is 24.8 Å². The lowest BCUT2D eigenvalue weighted by Gasteiger charge is -2.27. The monoisotopic (exact) mass is 365 g/mol. The van der Waals surface area contributed by atoms with Gasteiger partial charge in [0.05, 0.1) is 6.20 Å². The molecule has 2 aromatic heterocycles. The number of aryl methyl sites for hydroxylation is 1. The highest BCUT2D eigenvalue weighted by atomic mass is 16.7. The Morgan fingerprint density at radius 1 is 1.30 bits per heavy atom. The number of aromatic amines is 1. The Labute approximate surface area is 155 Å². The van der Waals surface area contributed by atoms with E-state index < -0.39 is 0 Å². The number of anilines is 2. The predicted octanol–water partition coefficient (Wildman–Crippen LogP) is 2.55. The van der Waals surface area contributed by atoms with Crippen molar-refractivity contribution < 1.29 is 9.63 Å². The number of amides is 1. The van der Waals surface area contributed by atoms with E-state index in [1.165, 1.54) is 6.92 Å². The standard InChI is InChI=1S/C18H19N7O2/c1-12-9-16(23-22-12)21-18-11-24(10-17-19-7-8-25(17)18)27-15-5-3-14(4-6-15)20-13(2)26/h3-9,11H,10H2,1-2H3,(H,20,26)(H2,21,22,23). The Morgan fingerprint density at radius 3 is 2.81 bits per heavy atom. The first-order valence-electron chi connectivity index (χ1n) is 8.42. The lowest BCUT2D eigenvalue weighted by molar-refractivity contribution is -0.114. The molecule has 9 heteroatoms. The van der Waals surface area contributed by atoms with E-state index in [1.54, 1.807) is 35.5 Å². The van der Waals surface area contributed by atoms with Gasteiger partial charge in [-0.25, -0.2) is 10.0 Å². The molecule has 1 aromatic carbocycles. The fourth-order valence-electron chi connectivity index (χ4n) is 2.76. The number of nitrogens with one attached hydrogen (secondary N) is 3. The molecular formula is C18H19N7O2. The molecule has 3 aromatic rings. The predicted molar refractivity (Wildman–Crippen MR) is 100 cm³/mol. The topological polar surface area (TPSA) is 100 Å². The number of hydrogen-bond donors (Lipinski definition) is 3. The molecule has 1 aliphatic heterocycles. The largest absolute Gasteiger partial charge is 0.380 e. The quantitative estimate of drug-likeness (QED) is 0.642. The molecule has 0 bridgehead atoms. The normalized spacial score (nSPS) is 13.0.